The maximum atomic E-state index is 12.5. The molecule has 156 valence electrons. The molecule has 1 aromatic carbocycles. The summed E-state index contributed by atoms with van der Waals surface area (Å²) >= 11 is 0. The fourth-order valence-corrected chi connectivity index (χ4v) is 4.30. The monoisotopic (exact) mass is 389 g/mol. The number of carboxylic acids is 1. The predicted octanol–water partition coefficient (Wildman–Crippen LogP) is 4.03. The van der Waals surface area contributed by atoms with Crippen molar-refractivity contribution in [2.24, 2.45) is 5.92 Å². The van der Waals surface area contributed by atoms with Crippen molar-refractivity contribution in [1.82, 2.24) is 4.90 Å². The Balaban J connectivity index is 1.80. The van der Waals surface area contributed by atoms with Gasteiger partial charge in [0.2, 0.25) is 5.91 Å². The number of aliphatic hydroxyl groups is 1. The van der Waals surface area contributed by atoms with Gasteiger partial charge in [-0.3, -0.25) is 9.59 Å². The van der Waals surface area contributed by atoms with Crippen LogP contribution in [-0.4, -0.2) is 45.7 Å². The van der Waals surface area contributed by atoms with Crippen molar-refractivity contribution in [3.8, 4) is 0 Å². The van der Waals surface area contributed by atoms with Gasteiger partial charge < -0.3 is 15.1 Å². The lowest BCUT2D eigenvalue weighted by molar-refractivity contribution is -0.138. The molecule has 1 saturated heterocycles. The van der Waals surface area contributed by atoms with Crippen molar-refractivity contribution in [2.75, 3.05) is 6.54 Å². The zero-order chi connectivity index (χ0) is 20.4. The third kappa shape index (κ3) is 7.63. The highest BCUT2D eigenvalue weighted by atomic mass is 16.4. The first kappa shape index (κ1) is 22.4. The minimum Gasteiger partial charge on any atom is -0.481 e. The number of hydrogen-bond donors (Lipinski definition) is 2. The second-order valence-corrected chi connectivity index (χ2v) is 8.16. The number of unbranched alkanes of at least 4 members (excludes halogenated alkanes) is 3. The molecule has 1 aromatic rings. The summed E-state index contributed by atoms with van der Waals surface area (Å²) in [6, 6.07) is 10.2. The van der Waals surface area contributed by atoms with E-state index in [2.05, 4.69) is 6.92 Å². The number of hydrogen-bond acceptors (Lipinski definition) is 3. The zero-order valence-electron chi connectivity index (χ0n) is 17.1. The van der Waals surface area contributed by atoms with Gasteiger partial charge in [-0.2, -0.15) is 0 Å². The van der Waals surface area contributed by atoms with Gasteiger partial charge in [-0.1, -0.05) is 50.1 Å². The quantitative estimate of drug-likeness (QED) is 0.529. The van der Waals surface area contributed by atoms with Crippen molar-refractivity contribution < 1.29 is 19.8 Å². The summed E-state index contributed by atoms with van der Waals surface area (Å²) < 4.78 is 0. The molecule has 2 N–H and O–H groups in total. The lowest BCUT2D eigenvalue weighted by atomic mass is 9.86. The summed E-state index contributed by atoms with van der Waals surface area (Å²) in [5.41, 5.74) is 1.14. The second-order valence-electron chi connectivity index (χ2n) is 8.16. The SMILES string of the molecule is CC(CC(O)Cc1ccccc1)[C@H]1CCCC(=O)N1CCCCCCC(=O)O. The molecule has 0 radical (unpaired) electrons. The fraction of sp³-hybridized carbons (Fsp3) is 0.652. The number of benzene rings is 1. The van der Waals surface area contributed by atoms with E-state index in [0.717, 1.165) is 44.2 Å². The van der Waals surface area contributed by atoms with Gasteiger partial charge in [0, 0.05) is 25.4 Å². The van der Waals surface area contributed by atoms with E-state index in [1.165, 1.54) is 0 Å². The third-order valence-corrected chi connectivity index (χ3v) is 5.77. The summed E-state index contributed by atoms with van der Waals surface area (Å²) in [4.78, 5) is 25.1. The largest absolute Gasteiger partial charge is 0.481 e. The number of carbonyl (C=O) groups is 2. The summed E-state index contributed by atoms with van der Waals surface area (Å²) in [6.07, 6.45) is 7.19. The lowest BCUT2D eigenvalue weighted by Gasteiger charge is -2.40. The Labute approximate surface area is 168 Å². The highest BCUT2D eigenvalue weighted by molar-refractivity contribution is 5.77. The number of carbonyl (C=O) groups excluding carboxylic acids is 1. The Morgan fingerprint density at radius 3 is 2.61 bits per heavy atom. The first-order valence-corrected chi connectivity index (χ1v) is 10.7. The van der Waals surface area contributed by atoms with Crippen molar-refractivity contribution in [1.29, 1.82) is 0 Å². The van der Waals surface area contributed by atoms with Gasteiger partial charge in [0.05, 0.1) is 6.10 Å². The highest BCUT2D eigenvalue weighted by Gasteiger charge is 2.32. The van der Waals surface area contributed by atoms with E-state index in [4.69, 9.17) is 5.11 Å². The van der Waals surface area contributed by atoms with Gasteiger partial charge in [0.1, 0.15) is 0 Å². The molecule has 0 aromatic heterocycles. The van der Waals surface area contributed by atoms with Crippen LogP contribution in [0.15, 0.2) is 30.3 Å². The van der Waals surface area contributed by atoms with Crippen molar-refractivity contribution in [3.05, 3.63) is 35.9 Å². The molecule has 0 saturated carbocycles. The van der Waals surface area contributed by atoms with Crippen molar-refractivity contribution in [2.45, 2.75) is 83.3 Å². The van der Waals surface area contributed by atoms with Crippen LogP contribution in [0.4, 0.5) is 0 Å². The number of nitrogens with zero attached hydrogens (tertiary/aromatic N) is 1. The maximum Gasteiger partial charge on any atom is 0.303 e. The number of amides is 1. The van der Waals surface area contributed by atoms with Crippen molar-refractivity contribution >= 4 is 11.9 Å². The Hall–Kier alpha value is -1.88. The molecule has 3 atom stereocenters. The molecule has 0 aliphatic carbocycles. The summed E-state index contributed by atoms with van der Waals surface area (Å²) in [7, 11) is 0. The Morgan fingerprint density at radius 1 is 1.18 bits per heavy atom. The minimum absolute atomic E-state index is 0.200. The van der Waals surface area contributed by atoms with Crippen LogP contribution >= 0.6 is 0 Å². The van der Waals surface area contributed by atoms with Crippen LogP contribution in [0.1, 0.15) is 70.3 Å². The van der Waals surface area contributed by atoms with Crippen LogP contribution in [-0.2, 0) is 16.0 Å². The van der Waals surface area contributed by atoms with Crippen LogP contribution in [0, 0.1) is 5.92 Å². The van der Waals surface area contributed by atoms with E-state index in [-0.39, 0.29) is 24.3 Å². The topological polar surface area (TPSA) is 77.8 Å². The molecule has 1 heterocycles. The summed E-state index contributed by atoms with van der Waals surface area (Å²) in [5, 5.41) is 19.2. The lowest BCUT2D eigenvalue weighted by Crippen LogP contribution is -2.48. The molecular formula is C23H35NO4. The fourth-order valence-electron chi connectivity index (χ4n) is 4.30. The number of rotatable bonds is 12. The first-order valence-electron chi connectivity index (χ1n) is 10.7. The molecular weight excluding hydrogens is 354 g/mol. The number of aliphatic hydroxyl groups excluding tert-OH is 1. The normalized spacial score (nSPS) is 19.4. The molecule has 5 nitrogen and oxygen atoms in total. The highest BCUT2D eigenvalue weighted by Crippen LogP contribution is 2.28. The number of likely N-dealkylation sites (tertiary alicyclic amines) is 1. The van der Waals surface area contributed by atoms with Gasteiger partial charge in [0.15, 0.2) is 0 Å². The molecule has 0 bridgehead atoms. The van der Waals surface area contributed by atoms with E-state index in [1.54, 1.807) is 0 Å². The number of aliphatic carboxylic acids is 1. The van der Waals surface area contributed by atoms with Crippen molar-refractivity contribution in [3.63, 3.8) is 0 Å². The molecule has 1 amide bonds. The first-order chi connectivity index (χ1) is 13.5. The average Bonchev–Trinajstić information content (AvgIpc) is 2.65. The van der Waals surface area contributed by atoms with Gasteiger partial charge >= 0.3 is 5.97 Å². The van der Waals surface area contributed by atoms with Crippen LogP contribution in [0.5, 0.6) is 0 Å². The smallest absolute Gasteiger partial charge is 0.303 e. The zero-order valence-corrected chi connectivity index (χ0v) is 17.1. The maximum absolute atomic E-state index is 12.5. The molecule has 5 heteroatoms. The number of piperidine rings is 1. The molecule has 1 aliphatic rings. The minimum atomic E-state index is -0.742. The third-order valence-electron chi connectivity index (χ3n) is 5.77. The van der Waals surface area contributed by atoms with Gasteiger partial charge in [-0.15, -0.1) is 0 Å². The Kier molecular flexibility index (Phi) is 9.48. The van der Waals surface area contributed by atoms with Crippen LogP contribution in [0.25, 0.3) is 0 Å². The van der Waals surface area contributed by atoms with Gasteiger partial charge in [0.25, 0.3) is 0 Å². The van der Waals surface area contributed by atoms with E-state index >= 15 is 0 Å². The summed E-state index contributed by atoms with van der Waals surface area (Å²) in [6.45, 7) is 2.90. The molecule has 0 spiro atoms. The van der Waals surface area contributed by atoms with E-state index in [1.807, 2.05) is 35.2 Å². The molecule has 1 fully saturated rings. The van der Waals surface area contributed by atoms with Gasteiger partial charge in [-0.25, -0.2) is 0 Å². The van der Waals surface area contributed by atoms with E-state index < -0.39 is 12.1 Å². The van der Waals surface area contributed by atoms with Crippen LogP contribution in [0.2, 0.25) is 0 Å². The molecule has 28 heavy (non-hydrogen) atoms. The molecule has 1 aliphatic heterocycles. The average molecular weight is 390 g/mol. The number of carboxylic acid groups (broad SMARTS) is 1. The Morgan fingerprint density at radius 2 is 1.89 bits per heavy atom. The molecule has 2 unspecified atom stereocenters. The summed E-state index contributed by atoms with van der Waals surface area (Å²) in [5.74, 6) is -0.254. The van der Waals surface area contributed by atoms with E-state index in [9.17, 15) is 14.7 Å². The standard InChI is InChI=1S/C23H35NO4/c1-18(16-20(25)17-19-10-5-4-6-11-19)21-12-9-13-22(26)24(21)15-8-3-2-7-14-23(27)28/h4-6,10-11,18,20-21,25H,2-3,7-9,12-17H2,1H3,(H,27,28)/t18?,20?,21-/m1/s1. The Bertz CT molecular complexity index is 604. The predicted molar refractivity (Wildman–Crippen MR) is 110 cm³/mol. The van der Waals surface area contributed by atoms with Gasteiger partial charge in [-0.05, 0) is 50.0 Å². The van der Waals surface area contributed by atoms with E-state index in [0.29, 0.717) is 25.7 Å². The van der Waals surface area contributed by atoms with Crippen LogP contribution < -0.4 is 0 Å². The van der Waals surface area contributed by atoms with Crippen LogP contribution in [0.3, 0.4) is 0 Å². The second kappa shape index (κ2) is 11.8. The molecule has 2 rings (SSSR count).